The highest BCUT2D eigenvalue weighted by Gasteiger charge is 2.21. The van der Waals surface area contributed by atoms with Gasteiger partial charge in [0, 0.05) is 32.7 Å². The molecule has 0 radical (unpaired) electrons. The number of aryl methyl sites for hydroxylation is 3. The molecule has 1 aliphatic rings. The quantitative estimate of drug-likeness (QED) is 0.846. The molecule has 1 fully saturated rings. The Balaban J connectivity index is 2.15. The third-order valence-electron chi connectivity index (χ3n) is 4.28. The van der Waals surface area contributed by atoms with E-state index >= 15 is 0 Å². The standard InChI is InChI=1S/C17H25N3/c1-13-9-14(2)17(15(3)10-13)16(11-18)12-20-7-5-19(4)6-8-20/h9-10,16H,5-8,12H2,1-4H3. The van der Waals surface area contributed by atoms with Crippen LogP contribution in [0, 0.1) is 32.1 Å². The molecule has 0 aliphatic carbocycles. The summed E-state index contributed by atoms with van der Waals surface area (Å²) in [7, 11) is 2.16. The summed E-state index contributed by atoms with van der Waals surface area (Å²) in [5, 5.41) is 9.59. The van der Waals surface area contributed by atoms with Crippen LogP contribution in [-0.2, 0) is 0 Å². The fourth-order valence-corrected chi connectivity index (χ4v) is 3.23. The number of hydrogen-bond donors (Lipinski definition) is 0. The van der Waals surface area contributed by atoms with E-state index in [0.717, 1.165) is 32.7 Å². The van der Waals surface area contributed by atoms with Crippen LogP contribution in [0.2, 0.25) is 0 Å². The average Bonchev–Trinajstić information content (AvgIpc) is 2.38. The van der Waals surface area contributed by atoms with Crippen molar-refractivity contribution in [2.75, 3.05) is 39.8 Å². The van der Waals surface area contributed by atoms with E-state index in [-0.39, 0.29) is 5.92 Å². The molecule has 0 aromatic heterocycles. The Bertz CT molecular complexity index is 484. The Morgan fingerprint density at radius 1 is 1.10 bits per heavy atom. The molecule has 0 saturated carbocycles. The molecular weight excluding hydrogens is 246 g/mol. The van der Waals surface area contributed by atoms with E-state index in [1.54, 1.807) is 0 Å². The third kappa shape index (κ3) is 3.39. The predicted octanol–water partition coefficient (Wildman–Crippen LogP) is 2.47. The van der Waals surface area contributed by atoms with Crippen LogP contribution < -0.4 is 0 Å². The molecule has 20 heavy (non-hydrogen) atoms. The highest BCUT2D eigenvalue weighted by Crippen LogP contribution is 2.26. The van der Waals surface area contributed by atoms with Crippen molar-refractivity contribution in [2.24, 2.45) is 0 Å². The first kappa shape index (κ1) is 15.0. The van der Waals surface area contributed by atoms with Crippen LogP contribution in [0.1, 0.15) is 28.2 Å². The second kappa shape index (κ2) is 6.39. The molecule has 3 heteroatoms. The maximum Gasteiger partial charge on any atom is 0.0844 e. The Kier molecular flexibility index (Phi) is 4.80. The summed E-state index contributed by atoms with van der Waals surface area (Å²) in [6.45, 7) is 11.6. The van der Waals surface area contributed by atoms with Gasteiger partial charge in [0.1, 0.15) is 0 Å². The second-order valence-corrected chi connectivity index (χ2v) is 6.10. The van der Waals surface area contributed by atoms with E-state index in [4.69, 9.17) is 0 Å². The first-order valence-corrected chi connectivity index (χ1v) is 7.39. The van der Waals surface area contributed by atoms with Crippen molar-refractivity contribution in [1.82, 2.24) is 9.80 Å². The van der Waals surface area contributed by atoms with Crippen molar-refractivity contribution in [2.45, 2.75) is 26.7 Å². The van der Waals surface area contributed by atoms with Gasteiger partial charge >= 0.3 is 0 Å². The lowest BCUT2D eigenvalue weighted by atomic mass is 9.89. The number of hydrogen-bond acceptors (Lipinski definition) is 3. The lowest BCUT2D eigenvalue weighted by Crippen LogP contribution is -2.45. The van der Waals surface area contributed by atoms with Crippen molar-refractivity contribution in [3.8, 4) is 6.07 Å². The zero-order chi connectivity index (χ0) is 14.7. The molecule has 1 saturated heterocycles. The van der Waals surface area contributed by atoms with Crippen LogP contribution in [0.25, 0.3) is 0 Å². The third-order valence-corrected chi connectivity index (χ3v) is 4.28. The molecule has 1 aromatic rings. The topological polar surface area (TPSA) is 30.3 Å². The first-order chi connectivity index (χ1) is 9.51. The number of piperazine rings is 1. The van der Waals surface area contributed by atoms with E-state index in [9.17, 15) is 5.26 Å². The van der Waals surface area contributed by atoms with Gasteiger partial charge in [-0.25, -0.2) is 0 Å². The SMILES string of the molecule is Cc1cc(C)c(C(C#N)CN2CCN(C)CC2)c(C)c1. The number of nitrogens with zero attached hydrogens (tertiary/aromatic N) is 3. The fourth-order valence-electron chi connectivity index (χ4n) is 3.23. The van der Waals surface area contributed by atoms with E-state index in [2.05, 4.69) is 55.8 Å². The van der Waals surface area contributed by atoms with Gasteiger partial charge in [0.05, 0.1) is 12.0 Å². The summed E-state index contributed by atoms with van der Waals surface area (Å²) >= 11 is 0. The van der Waals surface area contributed by atoms with Crippen molar-refractivity contribution in [3.05, 3.63) is 34.4 Å². The van der Waals surface area contributed by atoms with Crippen LogP contribution >= 0.6 is 0 Å². The van der Waals surface area contributed by atoms with E-state index < -0.39 is 0 Å². The predicted molar refractivity (Wildman–Crippen MR) is 82.9 cm³/mol. The Morgan fingerprint density at radius 3 is 2.15 bits per heavy atom. The fraction of sp³-hybridized carbons (Fsp3) is 0.588. The molecule has 0 bridgehead atoms. The van der Waals surface area contributed by atoms with E-state index in [1.165, 1.54) is 22.3 Å². The summed E-state index contributed by atoms with van der Waals surface area (Å²) in [6.07, 6.45) is 0. The molecule has 1 heterocycles. The monoisotopic (exact) mass is 271 g/mol. The number of rotatable bonds is 3. The van der Waals surface area contributed by atoms with Gasteiger partial charge in [0.2, 0.25) is 0 Å². The highest BCUT2D eigenvalue weighted by atomic mass is 15.2. The number of benzene rings is 1. The van der Waals surface area contributed by atoms with Crippen molar-refractivity contribution in [3.63, 3.8) is 0 Å². The van der Waals surface area contributed by atoms with Gasteiger partial charge in [-0.3, -0.25) is 4.90 Å². The smallest absolute Gasteiger partial charge is 0.0844 e. The van der Waals surface area contributed by atoms with Crippen molar-refractivity contribution in [1.29, 1.82) is 5.26 Å². The van der Waals surface area contributed by atoms with Gasteiger partial charge in [0.25, 0.3) is 0 Å². The lowest BCUT2D eigenvalue weighted by molar-refractivity contribution is 0.152. The van der Waals surface area contributed by atoms with Crippen LogP contribution in [0.3, 0.4) is 0 Å². The van der Waals surface area contributed by atoms with Gasteiger partial charge in [-0.2, -0.15) is 5.26 Å². The van der Waals surface area contributed by atoms with Crippen LogP contribution in [0.5, 0.6) is 0 Å². The minimum Gasteiger partial charge on any atom is -0.304 e. The molecule has 1 atom stereocenters. The molecule has 1 aliphatic heterocycles. The van der Waals surface area contributed by atoms with Gasteiger partial charge in [-0.05, 0) is 44.5 Å². The number of likely N-dealkylation sites (N-methyl/N-ethyl adjacent to an activating group) is 1. The highest BCUT2D eigenvalue weighted by molar-refractivity contribution is 5.42. The molecule has 1 unspecified atom stereocenters. The molecule has 0 amide bonds. The Hall–Kier alpha value is -1.37. The summed E-state index contributed by atoms with van der Waals surface area (Å²) in [5.74, 6) is -0.0148. The molecule has 3 nitrogen and oxygen atoms in total. The van der Waals surface area contributed by atoms with Crippen molar-refractivity contribution >= 4 is 0 Å². The maximum atomic E-state index is 9.59. The first-order valence-electron chi connectivity index (χ1n) is 7.39. The molecule has 1 aromatic carbocycles. The van der Waals surface area contributed by atoms with Crippen LogP contribution in [0.15, 0.2) is 12.1 Å². The second-order valence-electron chi connectivity index (χ2n) is 6.10. The van der Waals surface area contributed by atoms with Crippen molar-refractivity contribution < 1.29 is 0 Å². The van der Waals surface area contributed by atoms with Gasteiger partial charge < -0.3 is 4.90 Å². The average molecular weight is 271 g/mol. The van der Waals surface area contributed by atoms with Crippen LogP contribution in [0.4, 0.5) is 0 Å². The summed E-state index contributed by atoms with van der Waals surface area (Å²) in [5.41, 5.74) is 5.02. The summed E-state index contributed by atoms with van der Waals surface area (Å²) in [4.78, 5) is 4.77. The van der Waals surface area contributed by atoms with Crippen LogP contribution in [-0.4, -0.2) is 49.6 Å². The van der Waals surface area contributed by atoms with Gasteiger partial charge in [-0.1, -0.05) is 17.7 Å². The zero-order valence-electron chi connectivity index (χ0n) is 13.1. The molecular formula is C17H25N3. The summed E-state index contributed by atoms with van der Waals surface area (Å²) in [6, 6.07) is 6.90. The van der Waals surface area contributed by atoms with Gasteiger partial charge in [0.15, 0.2) is 0 Å². The molecule has 0 N–H and O–H groups in total. The minimum atomic E-state index is -0.0148. The summed E-state index contributed by atoms with van der Waals surface area (Å²) < 4.78 is 0. The zero-order valence-corrected chi connectivity index (χ0v) is 13.1. The Morgan fingerprint density at radius 2 is 1.65 bits per heavy atom. The minimum absolute atomic E-state index is 0.0148. The normalized spacial score (nSPS) is 18.8. The number of nitriles is 1. The maximum absolute atomic E-state index is 9.59. The Labute approximate surface area is 122 Å². The molecule has 108 valence electrons. The van der Waals surface area contributed by atoms with E-state index in [0.29, 0.717) is 0 Å². The largest absolute Gasteiger partial charge is 0.304 e. The lowest BCUT2D eigenvalue weighted by Gasteiger charge is -2.33. The molecule has 0 spiro atoms. The van der Waals surface area contributed by atoms with E-state index in [1.807, 2.05) is 0 Å². The van der Waals surface area contributed by atoms with Gasteiger partial charge in [-0.15, -0.1) is 0 Å². The molecule has 2 rings (SSSR count).